The topological polar surface area (TPSA) is 98.6 Å². The lowest BCUT2D eigenvalue weighted by atomic mass is 9.97. The first-order valence-electron chi connectivity index (χ1n) is 14.3. The van der Waals surface area contributed by atoms with Crippen LogP contribution in [0.25, 0.3) is 11.0 Å². The van der Waals surface area contributed by atoms with Gasteiger partial charge in [0.05, 0.1) is 5.52 Å². The second kappa shape index (κ2) is 12.0. The molecule has 5 aromatic rings. The van der Waals surface area contributed by atoms with Crippen LogP contribution in [-0.4, -0.2) is 38.5 Å². The quantitative estimate of drug-likeness (QED) is 0.232. The lowest BCUT2D eigenvalue weighted by Crippen LogP contribution is -2.42. The van der Waals surface area contributed by atoms with Crippen LogP contribution < -0.4 is 14.8 Å². The molecule has 9 heteroatoms. The van der Waals surface area contributed by atoms with E-state index in [1.807, 2.05) is 79.7 Å². The van der Waals surface area contributed by atoms with Gasteiger partial charge in [-0.1, -0.05) is 79.7 Å². The van der Waals surface area contributed by atoms with E-state index in [0.29, 0.717) is 34.2 Å². The number of nitrogens with zero attached hydrogens (tertiary/aromatic N) is 4. The minimum Gasteiger partial charge on any atom is -0.454 e. The number of nitrogens with one attached hydrogen (secondary N) is 1. The van der Waals surface area contributed by atoms with E-state index in [-0.39, 0.29) is 31.7 Å². The largest absolute Gasteiger partial charge is 0.454 e. The molecule has 0 radical (unpaired) electrons. The molecule has 0 bridgehead atoms. The molecule has 1 unspecified atom stereocenters. The molecule has 1 N–H and O–H groups in total. The molecule has 2 heterocycles. The lowest BCUT2D eigenvalue weighted by molar-refractivity contribution is -0.140. The molecule has 0 fully saturated rings. The zero-order chi connectivity index (χ0) is 29.9. The maximum Gasteiger partial charge on any atom is 0.251 e. The average molecular weight is 576 g/mol. The fraction of sp³-hybridized carbons (Fsp3) is 0.235. The van der Waals surface area contributed by atoms with Crippen LogP contribution in [0.2, 0.25) is 0 Å². The van der Waals surface area contributed by atoms with Crippen LogP contribution in [-0.2, 0) is 22.7 Å². The summed E-state index contributed by atoms with van der Waals surface area (Å²) in [6, 6.07) is 27.6. The van der Waals surface area contributed by atoms with Crippen LogP contribution in [0.1, 0.15) is 48.1 Å². The fourth-order valence-corrected chi connectivity index (χ4v) is 5.27. The molecule has 1 aliphatic rings. The smallest absolute Gasteiger partial charge is 0.251 e. The molecule has 0 saturated carbocycles. The molecule has 1 atom stereocenters. The molecular formula is C34H33N5O4. The van der Waals surface area contributed by atoms with Crippen molar-refractivity contribution in [3.63, 3.8) is 0 Å². The molecule has 2 amide bonds. The molecule has 6 rings (SSSR count). The van der Waals surface area contributed by atoms with Crippen molar-refractivity contribution in [2.45, 2.75) is 45.8 Å². The van der Waals surface area contributed by atoms with Crippen molar-refractivity contribution in [1.82, 2.24) is 19.9 Å². The first kappa shape index (κ1) is 28.0. The Kier molecular flexibility index (Phi) is 7.79. The number of carbonyl (C=O) groups is 2. The summed E-state index contributed by atoms with van der Waals surface area (Å²) in [5.41, 5.74) is 5.80. The van der Waals surface area contributed by atoms with Crippen molar-refractivity contribution in [3.05, 3.63) is 113 Å². The van der Waals surface area contributed by atoms with Crippen LogP contribution in [0.3, 0.4) is 0 Å². The summed E-state index contributed by atoms with van der Waals surface area (Å²) < 4.78 is 12.5. The van der Waals surface area contributed by atoms with Crippen LogP contribution in [0.15, 0.2) is 91.0 Å². The summed E-state index contributed by atoms with van der Waals surface area (Å²) in [7, 11) is 0. The van der Waals surface area contributed by atoms with Gasteiger partial charge in [0, 0.05) is 18.3 Å². The summed E-state index contributed by atoms with van der Waals surface area (Å²) in [5, 5.41) is 11.5. The van der Waals surface area contributed by atoms with E-state index < -0.39 is 6.04 Å². The third-order valence-electron chi connectivity index (χ3n) is 7.75. The normalized spacial score (nSPS) is 12.8. The summed E-state index contributed by atoms with van der Waals surface area (Å²) in [4.78, 5) is 30.2. The summed E-state index contributed by atoms with van der Waals surface area (Å²) >= 11 is 0. The van der Waals surface area contributed by atoms with Gasteiger partial charge in [-0.05, 0) is 59.4 Å². The molecule has 9 nitrogen and oxygen atoms in total. The number of benzene rings is 4. The van der Waals surface area contributed by atoms with Crippen molar-refractivity contribution in [3.8, 4) is 11.5 Å². The number of carbonyl (C=O) groups excluding carboxylic acids is 2. The Morgan fingerprint density at radius 2 is 1.63 bits per heavy atom. The van der Waals surface area contributed by atoms with Crippen molar-refractivity contribution >= 4 is 28.5 Å². The number of hydrogen-bond donors (Lipinski definition) is 1. The van der Waals surface area contributed by atoms with Gasteiger partial charge >= 0.3 is 0 Å². The van der Waals surface area contributed by atoms with Gasteiger partial charge in [-0.15, -0.1) is 5.10 Å². The van der Waals surface area contributed by atoms with Crippen molar-refractivity contribution in [1.29, 1.82) is 0 Å². The van der Waals surface area contributed by atoms with Gasteiger partial charge in [-0.25, -0.2) is 4.68 Å². The minimum absolute atomic E-state index is 0.0791. The highest BCUT2D eigenvalue weighted by Crippen LogP contribution is 2.35. The molecular weight excluding hydrogens is 542 g/mol. The third kappa shape index (κ3) is 5.92. The van der Waals surface area contributed by atoms with E-state index in [1.54, 1.807) is 27.8 Å². The maximum absolute atomic E-state index is 14.3. The molecule has 0 spiro atoms. The highest BCUT2D eigenvalue weighted by Gasteiger charge is 2.33. The number of amides is 2. The van der Waals surface area contributed by atoms with Gasteiger partial charge in [-0.2, -0.15) is 0 Å². The third-order valence-corrected chi connectivity index (χ3v) is 7.75. The van der Waals surface area contributed by atoms with Gasteiger partial charge in [0.15, 0.2) is 11.5 Å². The standard InChI is InChI=1S/C34H33N5O4/c1-22(2)24-12-14-25(15-13-24)33(34(41)35-27-16-17-30-31(18-27)43-21-42-30)38(19-26-9-5-4-8-23(26)3)32(40)20-39-29-11-7-6-10-28(29)36-37-39/h4-18,22,33H,19-21H2,1-3H3,(H,35,41). The molecule has 218 valence electrons. The second-order valence-electron chi connectivity index (χ2n) is 11.0. The maximum atomic E-state index is 14.3. The summed E-state index contributed by atoms with van der Waals surface area (Å²) in [6.07, 6.45) is 0. The molecule has 1 aromatic heterocycles. The number of aromatic nitrogens is 3. The van der Waals surface area contributed by atoms with Gasteiger partial charge in [-0.3, -0.25) is 9.59 Å². The van der Waals surface area contributed by atoms with Gasteiger partial charge in [0.2, 0.25) is 12.7 Å². The van der Waals surface area contributed by atoms with Crippen molar-refractivity contribution in [2.75, 3.05) is 12.1 Å². The van der Waals surface area contributed by atoms with E-state index >= 15 is 0 Å². The number of hydrogen-bond acceptors (Lipinski definition) is 6. The molecule has 1 aliphatic heterocycles. The highest BCUT2D eigenvalue weighted by molar-refractivity contribution is 5.98. The minimum atomic E-state index is -0.937. The Labute approximate surface area is 250 Å². The van der Waals surface area contributed by atoms with Gasteiger partial charge in [0.25, 0.3) is 5.91 Å². The monoisotopic (exact) mass is 575 g/mol. The molecule has 0 aliphatic carbocycles. The lowest BCUT2D eigenvalue weighted by Gasteiger charge is -2.32. The van der Waals surface area contributed by atoms with E-state index in [2.05, 4.69) is 29.5 Å². The Balaban J connectivity index is 1.40. The van der Waals surface area contributed by atoms with Crippen LogP contribution in [0.5, 0.6) is 11.5 Å². The Bertz CT molecular complexity index is 1780. The average Bonchev–Trinajstić information content (AvgIpc) is 3.65. The first-order valence-corrected chi connectivity index (χ1v) is 14.3. The number of para-hydroxylation sites is 1. The Morgan fingerprint density at radius 1 is 0.907 bits per heavy atom. The van der Waals surface area contributed by atoms with E-state index in [0.717, 1.165) is 22.2 Å². The number of ether oxygens (including phenoxy) is 2. The van der Waals surface area contributed by atoms with Gasteiger partial charge in [0.1, 0.15) is 18.1 Å². The zero-order valence-electron chi connectivity index (χ0n) is 24.4. The Hall–Kier alpha value is -5.18. The fourth-order valence-electron chi connectivity index (χ4n) is 5.27. The van der Waals surface area contributed by atoms with Crippen LogP contribution in [0, 0.1) is 6.92 Å². The Morgan fingerprint density at radius 3 is 2.42 bits per heavy atom. The predicted octanol–water partition coefficient (Wildman–Crippen LogP) is 6.00. The SMILES string of the molecule is Cc1ccccc1CN(C(=O)Cn1nnc2ccccc21)C(C(=O)Nc1ccc2c(c1)OCO2)c1ccc(C(C)C)cc1. The molecule has 43 heavy (non-hydrogen) atoms. The van der Waals surface area contributed by atoms with Crippen LogP contribution >= 0.6 is 0 Å². The van der Waals surface area contributed by atoms with E-state index in [9.17, 15) is 9.59 Å². The number of anilines is 1. The first-order chi connectivity index (χ1) is 20.9. The number of aryl methyl sites for hydroxylation is 1. The predicted molar refractivity (Wildman–Crippen MR) is 164 cm³/mol. The number of rotatable bonds is 9. The molecule has 0 saturated heterocycles. The summed E-state index contributed by atoms with van der Waals surface area (Å²) in [5.74, 6) is 0.885. The second-order valence-corrected chi connectivity index (χ2v) is 11.0. The zero-order valence-corrected chi connectivity index (χ0v) is 24.4. The van der Waals surface area contributed by atoms with E-state index in [4.69, 9.17) is 9.47 Å². The highest BCUT2D eigenvalue weighted by atomic mass is 16.7. The van der Waals surface area contributed by atoms with Gasteiger partial charge < -0.3 is 19.7 Å². The molecule has 4 aromatic carbocycles. The van der Waals surface area contributed by atoms with E-state index in [1.165, 1.54) is 0 Å². The number of fused-ring (bicyclic) bond motifs is 2. The van der Waals surface area contributed by atoms with Crippen LogP contribution in [0.4, 0.5) is 5.69 Å². The van der Waals surface area contributed by atoms with Crippen molar-refractivity contribution < 1.29 is 19.1 Å². The summed E-state index contributed by atoms with van der Waals surface area (Å²) in [6.45, 7) is 6.52. The van der Waals surface area contributed by atoms with Crippen molar-refractivity contribution in [2.24, 2.45) is 0 Å².